The van der Waals surface area contributed by atoms with Gasteiger partial charge in [0, 0.05) is 50.7 Å². The fraction of sp³-hybridized carbons (Fsp3) is 0.440. The number of benzene rings is 1. The highest BCUT2D eigenvalue weighted by Gasteiger charge is 2.28. The minimum absolute atomic E-state index is 0.135. The smallest absolute Gasteiger partial charge is 0.325 e. The van der Waals surface area contributed by atoms with Gasteiger partial charge in [-0.15, -0.1) is 5.10 Å². The van der Waals surface area contributed by atoms with Gasteiger partial charge in [-0.1, -0.05) is 11.6 Å². The molecule has 2 fully saturated rings. The molecule has 184 valence electrons. The van der Waals surface area contributed by atoms with Crippen LogP contribution >= 0.6 is 11.6 Å². The number of hydrogen-bond acceptors (Lipinski definition) is 4. The Bertz CT molecular complexity index is 1240. The average Bonchev–Trinajstić information content (AvgIpc) is 3.21. The van der Waals surface area contributed by atoms with E-state index in [1.807, 2.05) is 9.80 Å². The Labute approximate surface area is 207 Å². The fourth-order valence-electron chi connectivity index (χ4n) is 4.92. The van der Waals surface area contributed by atoms with Crippen LogP contribution in [0, 0.1) is 11.7 Å². The summed E-state index contributed by atoms with van der Waals surface area (Å²) in [6, 6.07) is 7.56. The molecule has 1 aromatic carbocycles. The van der Waals surface area contributed by atoms with Gasteiger partial charge in [-0.3, -0.25) is 4.98 Å². The lowest BCUT2D eigenvalue weighted by molar-refractivity contribution is 0.121. The Hall–Kier alpha value is -3.20. The molecule has 0 unspecified atom stereocenters. The van der Waals surface area contributed by atoms with Crippen molar-refractivity contribution in [2.24, 2.45) is 5.92 Å². The number of nitrogens with zero attached hydrogens (tertiary/aromatic N) is 6. The number of carbonyl (C=O) groups is 1. The molecule has 0 radical (unpaired) electrons. The van der Waals surface area contributed by atoms with Crippen molar-refractivity contribution in [3.05, 3.63) is 64.0 Å². The van der Waals surface area contributed by atoms with E-state index in [0.717, 1.165) is 38.8 Å². The van der Waals surface area contributed by atoms with E-state index in [1.54, 1.807) is 24.4 Å². The van der Waals surface area contributed by atoms with Gasteiger partial charge in [0.1, 0.15) is 5.82 Å². The lowest BCUT2D eigenvalue weighted by Gasteiger charge is -2.37. The van der Waals surface area contributed by atoms with Crippen molar-refractivity contribution in [3.8, 4) is 17.1 Å². The lowest BCUT2D eigenvalue weighted by atomic mass is 9.97. The van der Waals surface area contributed by atoms with Crippen molar-refractivity contribution in [1.29, 1.82) is 0 Å². The zero-order chi connectivity index (χ0) is 24.4. The SMILES string of the molecule is O=C(N1CCCCC1)N1CCC(Cn2nc(-c3ccncc3Cl)n(-c3ccc(F)cc3)c2=O)CC1. The zero-order valence-corrected chi connectivity index (χ0v) is 20.2. The molecule has 8 nitrogen and oxygen atoms in total. The molecule has 0 bridgehead atoms. The molecule has 35 heavy (non-hydrogen) atoms. The fourth-order valence-corrected chi connectivity index (χ4v) is 5.12. The zero-order valence-electron chi connectivity index (χ0n) is 19.4. The third-order valence-corrected chi connectivity index (χ3v) is 7.18. The highest BCUT2D eigenvalue weighted by molar-refractivity contribution is 6.33. The van der Waals surface area contributed by atoms with Crippen LogP contribution in [0.4, 0.5) is 9.18 Å². The van der Waals surface area contributed by atoms with E-state index in [1.165, 1.54) is 34.0 Å². The molecule has 3 aromatic rings. The van der Waals surface area contributed by atoms with E-state index in [4.69, 9.17) is 11.6 Å². The van der Waals surface area contributed by atoms with Crippen molar-refractivity contribution in [1.82, 2.24) is 29.1 Å². The summed E-state index contributed by atoms with van der Waals surface area (Å²) in [5, 5.41) is 5.01. The Kier molecular flexibility index (Phi) is 6.86. The predicted octanol–water partition coefficient (Wildman–Crippen LogP) is 4.21. The molecular weight excluding hydrogens is 471 g/mol. The Morgan fingerprint density at radius 3 is 2.37 bits per heavy atom. The Morgan fingerprint density at radius 1 is 1.00 bits per heavy atom. The monoisotopic (exact) mass is 498 g/mol. The van der Waals surface area contributed by atoms with Crippen molar-refractivity contribution < 1.29 is 9.18 Å². The van der Waals surface area contributed by atoms with E-state index in [9.17, 15) is 14.0 Å². The highest BCUT2D eigenvalue weighted by Crippen LogP contribution is 2.27. The summed E-state index contributed by atoms with van der Waals surface area (Å²) in [5.74, 6) is 0.214. The van der Waals surface area contributed by atoms with Crippen LogP contribution in [-0.2, 0) is 6.54 Å². The van der Waals surface area contributed by atoms with Crippen LogP contribution in [0.1, 0.15) is 32.1 Å². The van der Waals surface area contributed by atoms with Crippen molar-refractivity contribution in [2.75, 3.05) is 26.2 Å². The maximum atomic E-state index is 13.5. The molecule has 0 saturated carbocycles. The molecule has 2 aliphatic heterocycles. The third-order valence-electron chi connectivity index (χ3n) is 6.88. The highest BCUT2D eigenvalue weighted by atomic mass is 35.5. The summed E-state index contributed by atoms with van der Waals surface area (Å²) in [5.41, 5.74) is 0.766. The Balaban J connectivity index is 1.36. The normalized spacial score (nSPS) is 17.1. The summed E-state index contributed by atoms with van der Waals surface area (Å²) in [7, 11) is 0. The van der Waals surface area contributed by atoms with Crippen LogP contribution in [0.3, 0.4) is 0 Å². The molecule has 2 aromatic heterocycles. The molecule has 2 amide bonds. The molecule has 2 saturated heterocycles. The van der Waals surface area contributed by atoms with Crippen LogP contribution in [-0.4, -0.2) is 61.3 Å². The van der Waals surface area contributed by atoms with Crippen LogP contribution in [0.15, 0.2) is 47.5 Å². The molecular formula is C25H28ClFN6O2. The molecule has 0 atom stereocenters. The number of hydrogen-bond donors (Lipinski definition) is 0. The molecule has 0 spiro atoms. The van der Waals surface area contributed by atoms with Crippen molar-refractivity contribution in [2.45, 2.75) is 38.6 Å². The summed E-state index contributed by atoms with van der Waals surface area (Å²) in [6.07, 6.45) is 8.05. The van der Waals surface area contributed by atoms with Gasteiger partial charge in [-0.25, -0.2) is 23.2 Å². The second-order valence-electron chi connectivity index (χ2n) is 9.22. The van der Waals surface area contributed by atoms with Crippen LogP contribution < -0.4 is 5.69 Å². The number of rotatable bonds is 4. The number of likely N-dealkylation sites (tertiary alicyclic amines) is 2. The number of halogens is 2. The first-order valence-electron chi connectivity index (χ1n) is 12.1. The van der Waals surface area contributed by atoms with Gasteiger partial charge < -0.3 is 9.80 Å². The average molecular weight is 499 g/mol. The molecule has 4 heterocycles. The van der Waals surface area contributed by atoms with Crippen LogP contribution in [0.5, 0.6) is 0 Å². The summed E-state index contributed by atoms with van der Waals surface area (Å²) >= 11 is 6.38. The first kappa shape index (κ1) is 23.5. The maximum Gasteiger partial charge on any atom is 0.350 e. The number of urea groups is 1. The molecule has 0 N–H and O–H groups in total. The molecule has 5 rings (SSSR count). The van der Waals surface area contributed by atoms with Crippen molar-refractivity contribution in [3.63, 3.8) is 0 Å². The van der Waals surface area contributed by atoms with Gasteiger partial charge in [0.25, 0.3) is 0 Å². The van der Waals surface area contributed by atoms with E-state index in [-0.39, 0.29) is 23.5 Å². The summed E-state index contributed by atoms with van der Waals surface area (Å²) < 4.78 is 16.5. The van der Waals surface area contributed by atoms with Crippen molar-refractivity contribution >= 4 is 17.6 Å². The second-order valence-corrected chi connectivity index (χ2v) is 9.62. The van der Waals surface area contributed by atoms with Gasteiger partial charge in [-0.05, 0) is 68.4 Å². The van der Waals surface area contributed by atoms with E-state index >= 15 is 0 Å². The van der Waals surface area contributed by atoms with Gasteiger partial charge >= 0.3 is 11.7 Å². The van der Waals surface area contributed by atoms with E-state index < -0.39 is 0 Å². The maximum absolute atomic E-state index is 13.5. The lowest BCUT2D eigenvalue weighted by Crippen LogP contribution is -2.48. The third kappa shape index (κ3) is 4.96. The van der Waals surface area contributed by atoms with E-state index in [2.05, 4.69) is 10.1 Å². The van der Waals surface area contributed by atoms with Gasteiger partial charge in [0.2, 0.25) is 0 Å². The van der Waals surface area contributed by atoms with Gasteiger partial charge in [0.15, 0.2) is 5.82 Å². The summed E-state index contributed by atoms with van der Waals surface area (Å²) in [4.78, 5) is 34.2. The van der Waals surface area contributed by atoms with Crippen LogP contribution in [0.25, 0.3) is 17.1 Å². The second kappa shape index (κ2) is 10.2. The van der Waals surface area contributed by atoms with Gasteiger partial charge in [-0.2, -0.15) is 0 Å². The molecule has 2 aliphatic rings. The number of amides is 2. The minimum atomic E-state index is -0.386. The standard InChI is InChI=1S/C25H28ClFN6O2/c26-22-16-28-11-8-21(22)23-29-32(25(35)33(23)20-6-4-19(27)5-7-20)17-18-9-14-31(15-10-18)24(34)30-12-2-1-3-13-30/h4-8,11,16,18H,1-3,9-10,12-15,17H2. The minimum Gasteiger partial charge on any atom is -0.325 e. The summed E-state index contributed by atoms with van der Waals surface area (Å²) in [6.45, 7) is 3.48. The molecule has 0 aliphatic carbocycles. The van der Waals surface area contributed by atoms with Gasteiger partial charge in [0.05, 0.1) is 10.7 Å². The molecule has 10 heteroatoms. The predicted molar refractivity (Wildman–Crippen MR) is 131 cm³/mol. The largest absolute Gasteiger partial charge is 0.350 e. The first-order valence-corrected chi connectivity index (χ1v) is 12.5. The quantitative estimate of drug-likeness (QED) is 0.540. The number of carbonyl (C=O) groups excluding carboxylic acids is 1. The van der Waals surface area contributed by atoms with Crippen LogP contribution in [0.2, 0.25) is 5.02 Å². The Morgan fingerprint density at radius 2 is 1.69 bits per heavy atom. The topological polar surface area (TPSA) is 76.3 Å². The number of piperidine rings is 2. The number of aromatic nitrogens is 4. The van der Waals surface area contributed by atoms with E-state index in [0.29, 0.717) is 41.7 Å². The number of pyridine rings is 1. The first-order chi connectivity index (χ1) is 17.0.